The summed E-state index contributed by atoms with van der Waals surface area (Å²) in [5.74, 6) is 1.16. The van der Waals surface area contributed by atoms with Gasteiger partial charge < -0.3 is 10.1 Å². The van der Waals surface area contributed by atoms with Gasteiger partial charge in [0.15, 0.2) is 9.84 Å². The van der Waals surface area contributed by atoms with Gasteiger partial charge in [0.1, 0.15) is 5.75 Å². The Kier molecular flexibility index (Phi) is 5.82. The number of rotatable bonds is 7. The van der Waals surface area contributed by atoms with Crippen LogP contribution in [0.2, 0.25) is 0 Å². The summed E-state index contributed by atoms with van der Waals surface area (Å²) < 4.78 is 28.3. The van der Waals surface area contributed by atoms with Gasteiger partial charge in [0.2, 0.25) is 0 Å². The predicted octanol–water partition coefficient (Wildman–Crippen LogP) is 2.17. The van der Waals surface area contributed by atoms with Gasteiger partial charge in [0.25, 0.3) is 0 Å². The van der Waals surface area contributed by atoms with Crippen LogP contribution < -0.4 is 10.1 Å². The summed E-state index contributed by atoms with van der Waals surface area (Å²) in [6, 6.07) is 7.78. The third-order valence-corrected chi connectivity index (χ3v) is 4.96. The Morgan fingerprint density at radius 1 is 1.32 bits per heavy atom. The minimum absolute atomic E-state index is 0.0776. The zero-order chi connectivity index (χ0) is 14.5. The van der Waals surface area contributed by atoms with Crippen molar-refractivity contribution in [2.24, 2.45) is 0 Å². The van der Waals surface area contributed by atoms with Crippen LogP contribution in [0.3, 0.4) is 0 Å². The lowest BCUT2D eigenvalue weighted by atomic mass is 10.1. The van der Waals surface area contributed by atoms with Crippen molar-refractivity contribution in [3.05, 3.63) is 29.8 Å². The van der Waals surface area contributed by atoms with Gasteiger partial charge in [-0.2, -0.15) is 0 Å². The van der Waals surface area contributed by atoms with Gasteiger partial charge in [-0.25, -0.2) is 8.42 Å². The van der Waals surface area contributed by atoms with Crippen LogP contribution in [-0.2, 0) is 9.84 Å². The lowest BCUT2D eigenvalue weighted by molar-refractivity contribution is 0.412. The molecule has 1 rings (SSSR count). The van der Waals surface area contributed by atoms with E-state index >= 15 is 0 Å². The molecular formula is C14H23NO3S. The number of methoxy groups -OCH3 is 1. The monoisotopic (exact) mass is 285 g/mol. The fourth-order valence-corrected chi connectivity index (χ4v) is 3.07. The molecule has 0 aromatic heterocycles. The zero-order valence-electron chi connectivity index (χ0n) is 12.0. The van der Waals surface area contributed by atoms with Crippen molar-refractivity contribution in [2.45, 2.75) is 32.9 Å². The highest BCUT2D eigenvalue weighted by Crippen LogP contribution is 2.19. The van der Waals surface area contributed by atoms with E-state index in [1.165, 1.54) is 0 Å². The van der Waals surface area contributed by atoms with Crippen LogP contribution in [0.5, 0.6) is 5.75 Å². The third kappa shape index (κ3) is 5.20. The molecule has 0 spiro atoms. The first kappa shape index (κ1) is 16.0. The van der Waals surface area contributed by atoms with Crippen LogP contribution in [0, 0.1) is 0 Å². The van der Waals surface area contributed by atoms with Crippen LogP contribution in [0.4, 0.5) is 0 Å². The van der Waals surface area contributed by atoms with E-state index in [4.69, 9.17) is 4.74 Å². The van der Waals surface area contributed by atoms with Gasteiger partial charge in [-0.05, 0) is 31.5 Å². The molecule has 1 unspecified atom stereocenters. The topological polar surface area (TPSA) is 55.4 Å². The molecule has 0 bridgehead atoms. The second-order valence-corrected chi connectivity index (χ2v) is 7.16. The standard InChI is InChI=1S/C14H23NO3S/c1-5-19(16,17)10-11(2)15-12(3)13-7-6-8-14(9-13)18-4/h6-9,11-12,15H,5,10H2,1-4H3/t11?,12-/m0/s1. The van der Waals surface area contributed by atoms with Crippen LogP contribution in [0.1, 0.15) is 32.4 Å². The third-order valence-electron chi connectivity index (χ3n) is 3.07. The lowest BCUT2D eigenvalue weighted by Crippen LogP contribution is -2.35. The van der Waals surface area contributed by atoms with E-state index in [0.29, 0.717) is 0 Å². The smallest absolute Gasteiger partial charge is 0.151 e. The second-order valence-electron chi connectivity index (χ2n) is 4.76. The molecule has 0 aliphatic rings. The van der Waals surface area contributed by atoms with Gasteiger partial charge in [-0.15, -0.1) is 0 Å². The second kappa shape index (κ2) is 6.91. The first-order chi connectivity index (χ1) is 8.88. The molecule has 4 nitrogen and oxygen atoms in total. The maximum absolute atomic E-state index is 11.6. The van der Waals surface area contributed by atoms with Crippen LogP contribution in [-0.4, -0.2) is 33.1 Å². The Bertz CT molecular complexity index is 499. The van der Waals surface area contributed by atoms with Gasteiger partial charge in [0, 0.05) is 17.8 Å². The van der Waals surface area contributed by atoms with E-state index < -0.39 is 9.84 Å². The highest BCUT2D eigenvalue weighted by Gasteiger charge is 2.16. The predicted molar refractivity (Wildman–Crippen MR) is 78.3 cm³/mol. The summed E-state index contributed by atoms with van der Waals surface area (Å²) in [6.07, 6.45) is 0. The molecule has 0 radical (unpaired) electrons. The Morgan fingerprint density at radius 2 is 2.00 bits per heavy atom. The number of nitrogens with one attached hydrogen (secondary N) is 1. The van der Waals surface area contributed by atoms with Crippen LogP contribution in [0.25, 0.3) is 0 Å². The molecule has 0 saturated carbocycles. The van der Waals surface area contributed by atoms with Crippen molar-refractivity contribution in [1.82, 2.24) is 5.32 Å². The molecule has 19 heavy (non-hydrogen) atoms. The molecule has 2 atom stereocenters. The van der Waals surface area contributed by atoms with Crippen molar-refractivity contribution in [1.29, 1.82) is 0 Å². The molecule has 5 heteroatoms. The maximum atomic E-state index is 11.6. The first-order valence-corrected chi connectivity index (χ1v) is 8.30. The van der Waals surface area contributed by atoms with Gasteiger partial charge in [-0.1, -0.05) is 19.1 Å². The normalized spacial score (nSPS) is 14.9. The summed E-state index contributed by atoms with van der Waals surface area (Å²) in [5.41, 5.74) is 1.08. The maximum Gasteiger partial charge on any atom is 0.151 e. The van der Waals surface area contributed by atoms with E-state index in [2.05, 4.69) is 5.32 Å². The van der Waals surface area contributed by atoms with Crippen molar-refractivity contribution < 1.29 is 13.2 Å². The van der Waals surface area contributed by atoms with Crippen molar-refractivity contribution >= 4 is 9.84 Å². The number of benzene rings is 1. The quantitative estimate of drug-likeness (QED) is 0.834. The van der Waals surface area contributed by atoms with E-state index in [9.17, 15) is 8.42 Å². The Balaban J connectivity index is 2.66. The zero-order valence-corrected chi connectivity index (χ0v) is 12.8. The van der Waals surface area contributed by atoms with Gasteiger partial charge >= 0.3 is 0 Å². The first-order valence-electron chi connectivity index (χ1n) is 6.48. The number of hydrogen-bond donors (Lipinski definition) is 1. The fourth-order valence-electron chi connectivity index (χ4n) is 1.98. The lowest BCUT2D eigenvalue weighted by Gasteiger charge is -2.20. The van der Waals surface area contributed by atoms with Crippen LogP contribution >= 0.6 is 0 Å². The number of sulfone groups is 1. The van der Waals surface area contributed by atoms with E-state index in [1.54, 1.807) is 14.0 Å². The Labute approximate surface area is 116 Å². The highest BCUT2D eigenvalue weighted by molar-refractivity contribution is 7.91. The molecule has 0 saturated heterocycles. The van der Waals surface area contributed by atoms with E-state index in [0.717, 1.165) is 11.3 Å². The average Bonchev–Trinajstić information content (AvgIpc) is 2.38. The molecule has 0 aliphatic carbocycles. The molecule has 0 amide bonds. The summed E-state index contributed by atoms with van der Waals surface area (Å²) >= 11 is 0. The molecule has 1 aromatic carbocycles. The Morgan fingerprint density at radius 3 is 2.58 bits per heavy atom. The van der Waals surface area contributed by atoms with E-state index in [-0.39, 0.29) is 23.6 Å². The summed E-state index contributed by atoms with van der Waals surface area (Å²) in [5, 5.41) is 3.30. The minimum Gasteiger partial charge on any atom is -0.497 e. The van der Waals surface area contributed by atoms with Gasteiger partial charge in [-0.3, -0.25) is 0 Å². The summed E-state index contributed by atoms with van der Waals surface area (Å²) in [4.78, 5) is 0. The highest BCUT2D eigenvalue weighted by atomic mass is 32.2. The SMILES string of the molecule is CCS(=O)(=O)CC(C)N[C@@H](C)c1cccc(OC)c1. The molecule has 108 valence electrons. The van der Waals surface area contributed by atoms with Crippen molar-refractivity contribution in [3.8, 4) is 5.75 Å². The van der Waals surface area contributed by atoms with Gasteiger partial charge in [0.05, 0.1) is 12.9 Å². The summed E-state index contributed by atoms with van der Waals surface area (Å²) in [7, 11) is -1.31. The van der Waals surface area contributed by atoms with Crippen molar-refractivity contribution in [2.75, 3.05) is 18.6 Å². The fraction of sp³-hybridized carbons (Fsp3) is 0.571. The molecule has 0 aliphatic heterocycles. The van der Waals surface area contributed by atoms with Crippen molar-refractivity contribution in [3.63, 3.8) is 0 Å². The number of ether oxygens (including phenoxy) is 1. The minimum atomic E-state index is -2.95. The molecule has 0 fully saturated rings. The summed E-state index contributed by atoms with van der Waals surface area (Å²) in [6.45, 7) is 5.58. The largest absolute Gasteiger partial charge is 0.497 e. The number of hydrogen-bond acceptors (Lipinski definition) is 4. The Hall–Kier alpha value is -1.07. The molecule has 1 N–H and O–H groups in total. The average molecular weight is 285 g/mol. The molecule has 0 heterocycles. The molecule has 1 aromatic rings. The van der Waals surface area contributed by atoms with E-state index in [1.807, 2.05) is 38.1 Å². The molecular weight excluding hydrogens is 262 g/mol. The van der Waals surface area contributed by atoms with Crippen LogP contribution in [0.15, 0.2) is 24.3 Å².